The van der Waals surface area contributed by atoms with Gasteiger partial charge in [0.25, 0.3) is 0 Å². The molecule has 0 aromatic heterocycles. The van der Waals surface area contributed by atoms with E-state index in [1.54, 1.807) is 0 Å². The van der Waals surface area contributed by atoms with Gasteiger partial charge in [-0.15, -0.1) is 0 Å². The Balaban J connectivity index is 2.07. The van der Waals surface area contributed by atoms with E-state index in [1.807, 2.05) is 0 Å². The van der Waals surface area contributed by atoms with Gasteiger partial charge in [0.15, 0.2) is 0 Å². The number of hydrogen-bond donors (Lipinski definition) is 1. The molecule has 17 heavy (non-hydrogen) atoms. The van der Waals surface area contributed by atoms with Gasteiger partial charge in [0.2, 0.25) is 0 Å². The van der Waals surface area contributed by atoms with Crippen LogP contribution in [-0.4, -0.2) is 49.6 Å². The van der Waals surface area contributed by atoms with E-state index >= 15 is 0 Å². The lowest BCUT2D eigenvalue weighted by atomic mass is 9.94. The Bertz CT molecular complexity index is 362. The smallest absolute Gasteiger partial charge is 0.0262 e. The van der Waals surface area contributed by atoms with Crippen LogP contribution in [0.5, 0.6) is 0 Å². The number of nitrogens with two attached hydrogens (primary N) is 1. The van der Waals surface area contributed by atoms with Crippen molar-refractivity contribution >= 4 is 0 Å². The first-order chi connectivity index (χ1) is 8.20. The van der Waals surface area contributed by atoms with Gasteiger partial charge in [-0.1, -0.05) is 24.3 Å². The van der Waals surface area contributed by atoms with Gasteiger partial charge in [0.1, 0.15) is 0 Å². The maximum atomic E-state index is 5.90. The summed E-state index contributed by atoms with van der Waals surface area (Å²) in [5, 5.41) is 0. The predicted molar refractivity (Wildman–Crippen MR) is 72.0 cm³/mol. The van der Waals surface area contributed by atoms with Gasteiger partial charge in [0, 0.05) is 32.2 Å². The van der Waals surface area contributed by atoms with Crippen molar-refractivity contribution in [2.75, 3.05) is 33.7 Å². The fraction of sp³-hybridized carbons (Fsp3) is 0.571. The van der Waals surface area contributed by atoms with Crippen LogP contribution in [0.1, 0.15) is 11.1 Å². The topological polar surface area (TPSA) is 32.5 Å². The van der Waals surface area contributed by atoms with Crippen molar-refractivity contribution < 1.29 is 0 Å². The van der Waals surface area contributed by atoms with Crippen LogP contribution in [-0.2, 0) is 13.0 Å². The number of hydrogen-bond acceptors (Lipinski definition) is 3. The molecule has 1 aliphatic rings. The zero-order valence-electron chi connectivity index (χ0n) is 10.9. The van der Waals surface area contributed by atoms with E-state index in [0.29, 0.717) is 6.04 Å². The van der Waals surface area contributed by atoms with Crippen LogP contribution in [0.15, 0.2) is 24.3 Å². The van der Waals surface area contributed by atoms with E-state index in [1.165, 1.54) is 11.1 Å². The Morgan fingerprint density at radius 2 is 2.00 bits per heavy atom. The fourth-order valence-corrected chi connectivity index (χ4v) is 2.46. The first kappa shape index (κ1) is 12.6. The molecular formula is C14H23N3. The molecule has 0 radical (unpaired) electrons. The quantitative estimate of drug-likeness (QED) is 0.840. The predicted octanol–water partition coefficient (Wildman–Crippen LogP) is 0.934. The number of nitrogens with zero attached hydrogens (tertiary/aromatic N) is 2. The molecule has 3 heteroatoms. The van der Waals surface area contributed by atoms with Gasteiger partial charge in [-0.3, -0.25) is 4.90 Å². The minimum atomic E-state index is 0.504. The number of fused-ring (bicyclic) bond motifs is 1. The average Bonchev–Trinajstić information content (AvgIpc) is 2.35. The molecule has 1 aromatic carbocycles. The molecule has 2 N–H and O–H groups in total. The van der Waals surface area contributed by atoms with Crippen LogP contribution in [0.4, 0.5) is 0 Å². The summed E-state index contributed by atoms with van der Waals surface area (Å²) in [5.74, 6) is 0. The monoisotopic (exact) mass is 233 g/mol. The molecule has 1 atom stereocenters. The maximum absolute atomic E-state index is 5.90. The largest absolute Gasteiger partial charge is 0.329 e. The first-order valence-corrected chi connectivity index (χ1v) is 6.36. The number of likely N-dealkylation sites (N-methyl/N-ethyl adjacent to an activating group) is 1. The SMILES string of the molecule is CN(C)CCN1Cc2ccccc2CC1CN. The third kappa shape index (κ3) is 3.06. The Morgan fingerprint density at radius 3 is 2.65 bits per heavy atom. The van der Waals surface area contributed by atoms with Crippen molar-refractivity contribution in [3.8, 4) is 0 Å². The molecule has 2 rings (SSSR count). The molecule has 1 aromatic rings. The van der Waals surface area contributed by atoms with Gasteiger partial charge in [-0.05, 0) is 31.6 Å². The van der Waals surface area contributed by atoms with Crippen LogP contribution in [0.25, 0.3) is 0 Å². The van der Waals surface area contributed by atoms with Crippen LogP contribution in [0, 0.1) is 0 Å². The number of rotatable bonds is 4. The number of benzene rings is 1. The van der Waals surface area contributed by atoms with E-state index in [4.69, 9.17) is 5.73 Å². The van der Waals surface area contributed by atoms with Crippen molar-refractivity contribution in [3.63, 3.8) is 0 Å². The second kappa shape index (κ2) is 5.63. The lowest BCUT2D eigenvalue weighted by molar-refractivity contribution is 0.160. The molecule has 0 amide bonds. The van der Waals surface area contributed by atoms with E-state index < -0.39 is 0 Å². The lowest BCUT2D eigenvalue weighted by Gasteiger charge is -2.36. The third-order valence-corrected chi connectivity index (χ3v) is 3.57. The molecule has 0 fully saturated rings. The highest BCUT2D eigenvalue weighted by atomic mass is 15.2. The third-order valence-electron chi connectivity index (χ3n) is 3.57. The molecule has 1 heterocycles. The van der Waals surface area contributed by atoms with Crippen LogP contribution < -0.4 is 5.73 Å². The summed E-state index contributed by atoms with van der Waals surface area (Å²) in [5.41, 5.74) is 8.85. The van der Waals surface area contributed by atoms with Crippen LogP contribution >= 0.6 is 0 Å². The minimum Gasteiger partial charge on any atom is -0.329 e. The Hall–Kier alpha value is -0.900. The van der Waals surface area contributed by atoms with Crippen molar-refractivity contribution in [1.82, 2.24) is 9.80 Å². The van der Waals surface area contributed by atoms with Crippen molar-refractivity contribution in [2.24, 2.45) is 5.73 Å². The average molecular weight is 233 g/mol. The first-order valence-electron chi connectivity index (χ1n) is 6.36. The lowest BCUT2D eigenvalue weighted by Crippen LogP contribution is -2.47. The Kier molecular flexibility index (Phi) is 4.15. The molecule has 0 saturated carbocycles. The summed E-state index contributed by atoms with van der Waals surface area (Å²) >= 11 is 0. The van der Waals surface area contributed by atoms with Crippen LogP contribution in [0.2, 0.25) is 0 Å². The molecule has 94 valence electrons. The summed E-state index contributed by atoms with van der Waals surface area (Å²) in [7, 11) is 4.24. The van der Waals surface area contributed by atoms with Gasteiger partial charge in [0.05, 0.1) is 0 Å². The Labute approximate surface area is 104 Å². The van der Waals surface area contributed by atoms with E-state index in [-0.39, 0.29) is 0 Å². The summed E-state index contributed by atoms with van der Waals surface area (Å²) in [4.78, 5) is 4.75. The van der Waals surface area contributed by atoms with Gasteiger partial charge < -0.3 is 10.6 Å². The highest BCUT2D eigenvalue weighted by Crippen LogP contribution is 2.22. The second-order valence-electron chi connectivity index (χ2n) is 5.14. The molecule has 0 bridgehead atoms. The minimum absolute atomic E-state index is 0.504. The van der Waals surface area contributed by atoms with E-state index in [9.17, 15) is 0 Å². The van der Waals surface area contributed by atoms with Crippen molar-refractivity contribution in [3.05, 3.63) is 35.4 Å². The molecule has 1 unspecified atom stereocenters. The van der Waals surface area contributed by atoms with E-state index in [0.717, 1.165) is 32.6 Å². The fourth-order valence-electron chi connectivity index (χ4n) is 2.46. The van der Waals surface area contributed by atoms with Gasteiger partial charge in [-0.25, -0.2) is 0 Å². The molecule has 0 spiro atoms. The highest BCUT2D eigenvalue weighted by molar-refractivity contribution is 5.30. The van der Waals surface area contributed by atoms with Crippen molar-refractivity contribution in [1.29, 1.82) is 0 Å². The summed E-state index contributed by atoms with van der Waals surface area (Å²) in [6, 6.07) is 9.24. The van der Waals surface area contributed by atoms with E-state index in [2.05, 4.69) is 48.2 Å². The maximum Gasteiger partial charge on any atom is 0.0262 e. The zero-order valence-corrected chi connectivity index (χ0v) is 10.9. The summed E-state index contributed by atoms with van der Waals surface area (Å²) in [6.07, 6.45) is 1.10. The second-order valence-corrected chi connectivity index (χ2v) is 5.14. The van der Waals surface area contributed by atoms with Gasteiger partial charge >= 0.3 is 0 Å². The molecule has 0 aliphatic carbocycles. The summed E-state index contributed by atoms with van der Waals surface area (Å²) in [6.45, 7) is 4.00. The Morgan fingerprint density at radius 1 is 1.29 bits per heavy atom. The molecule has 3 nitrogen and oxygen atoms in total. The van der Waals surface area contributed by atoms with Crippen molar-refractivity contribution in [2.45, 2.75) is 19.0 Å². The molecular weight excluding hydrogens is 210 g/mol. The van der Waals surface area contributed by atoms with Gasteiger partial charge in [-0.2, -0.15) is 0 Å². The zero-order chi connectivity index (χ0) is 12.3. The molecule has 0 saturated heterocycles. The standard InChI is InChI=1S/C14H23N3/c1-16(2)7-8-17-11-13-6-4-3-5-12(13)9-14(17)10-15/h3-6,14H,7-11,15H2,1-2H3. The highest BCUT2D eigenvalue weighted by Gasteiger charge is 2.24. The normalized spacial score (nSPS) is 20.6. The molecule has 1 aliphatic heterocycles. The summed E-state index contributed by atoms with van der Waals surface area (Å²) < 4.78 is 0. The van der Waals surface area contributed by atoms with Crippen LogP contribution in [0.3, 0.4) is 0 Å².